The first-order valence-corrected chi connectivity index (χ1v) is 8.70. The van der Waals surface area contributed by atoms with Crippen molar-refractivity contribution < 1.29 is 17.9 Å². The molecular weight excluding hydrogens is 292 g/mol. The average Bonchev–Trinajstić information content (AvgIpc) is 2.79. The predicted octanol–water partition coefficient (Wildman–Crippen LogP) is 1.88. The number of hydrogen-bond acceptors (Lipinski definition) is 5. The molecule has 1 aliphatic rings. The predicted molar refractivity (Wildman–Crippen MR) is 82.5 cm³/mol. The van der Waals surface area contributed by atoms with Crippen LogP contribution < -0.4 is 10.2 Å². The first-order chi connectivity index (χ1) is 9.91. The summed E-state index contributed by atoms with van der Waals surface area (Å²) in [4.78, 5) is 13.3. The molecule has 0 bridgehead atoms. The molecule has 116 valence electrons. The second-order valence-electron chi connectivity index (χ2n) is 5.06. The first kappa shape index (κ1) is 15.6. The largest absolute Gasteiger partial charge is 0.450 e. The molecule has 1 aromatic rings. The highest BCUT2D eigenvalue weighted by Gasteiger charge is 2.30. The van der Waals surface area contributed by atoms with Crippen molar-refractivity contribution in [2.24, 2.45) is 0 Å². The summed E-state index contributed by atoms with van der Waals surface area (Å²) >= 11 is 0. The van der Waals surface area contributed by atoms with Gasteiger partial charge in [-0.15, -0.1) is 0 Å². The van der Waals surface area contributed by atoms with Gasteiger partial charge in [0.2, 0.25) is 0 Å². The van der Waals surface area contributed by atoms with E-state index in [9.17, 15) is 13.2 Å². The maximum Gasteiger partial charge on any atom is 0.411 e. The fourth-order valence-corrected chi connectivity index (χ4v) is 4.13. The normalized spacial score (nSPS) is 20.0. The molecule has 0 aromatic heterocycles. The van der Waals surface area contributed by atoms with Crippen LogP contribution in [0.25, 0.3) is 0 Å². The summed E-state index contributed by atoms with van der Waals surface area (Å²) in [6.45, 7) is 2.07. The van der Waals surface area contributed by atoms with E-state index >= 15 is 0 Å². The Balaban J connectivity index is 2.00. The van der Waals surface area contributed by atoms with E-state index in [1.807, 2.05) is 24.1 Å². The lowest BCUT2D eigenvalue weighted by Crippen LogP contribution is -2.32. The molecule has 1 unspecified atom stereocenters. The molecule has 1 aliphatic heterocycles. The van der Waals surface area contributed by atoms with Gasteiger partial charge in [0.15, 0.2) is 9.84 Å². The van der Waals surface area contributed by atoms with E-state index in [2.05, 4.69) is 5.32 Å². The van der Waals surface area contributed by atoms with Gasteiger partial charge in [0.05, 0.1) is 18.1 Å². The molecule has 0 spiro atoms. The smallest absolute Gasteiger partial charge is 0.411 e. The first-order valence-electron chi connectivity index (χ1n) is 6.88. The standard InChI is InChI=1S/C14H20N2O4S/c1-3-20-14(17)15-11-4-6-12(7-5-11)16(2)13-8-9-21(18,19)10-13/h4-7,13H,3,8-10H2,1-2H3,(H,15,17). The highest BCUT2D eigenvalue weighted by atomic mass is 32.2. The topological polar surface area (TPSA) is 75.7 Å². The summed E-state index contributed by atoms with van der Waals surface area (Å²) in [5.74, 6) is 0.455. The van der Waals surface area contributed by atoms with E-state index in [-0.39, 0.29) is 17.5 Å². The summed E-state index contributed by atoms with van der Waals surface area (Å²) in [5, 5.41) is 2.62. The molecule has 2 rings (SSSR count). The monoisotopic (exact) mass is 312 g/mol. The van der Waals surface area contributed by atoms with E-state index in [1.54, 1.807) is 19.1 Å². The second-order valence-corrected chi connectivity index (χ2v) is 7.29. The number of benzene rings is 1. The van der Waals surface area contributed by atoms with E-state index in [1.165, 1.54) is 0 Å². The van der Waals surface area contributed by atoms with Crippen molar-refractivity contribution in [1.29, 1.82) is 0 Å². The summed E-state index contributed by atoms with van der Waals surface area (Å²) in [5.41, 5.74) is 1.57. The molecular formula is C14H20N2O4S. The SMILES string of the molecule is CCOC(=O)Nc1ccc(N(C)C2CCS(=O)(=O)C2)cc1. The van der Waals surface area contributed by atoms with Crippen LogP contribution in [-0.4, -0.2) is 45.7 Å². The van der Waals surface area contributed by atoms with Crippen LogP contribution in [-0.2, 0) is 14.6 Å². The number of rotatable bonds is 4. The second kappa shape index (κ2) is 6.34. The lowest BCUT2D eigenvalue weighted by atomic mass is 10.2. The molecule has 1 saturated heterocycles. The summed E-state index contributed by atoms with van der Waals surface area (Å²) in [6.07, 6.45) is 0.169. The number of carbonyl (C=O) groups excluding carboxylic acids is 1. The van der Waals surface area contributed by atoms with Crippen molar-refractivity contribution in [2.75, 3.05) is 35.4 Å². The maximum absolute atomic E-state index is 11.5. The van der Waals surface area contributed by atoms with E-state index in [0.717, 1.165) is 5.69 Å². The number of amides is 1. The quantitative estimate of drug-likeness (QED) is 0.918. The zero-order valence-electron chi connectivity index (χ0n) is 12.2. The molecule has 1 heterocycles. The minimum Gasteiger partial charge on any atom is -0.450 e. The molecule has 0 aliphatic carbocycles. The molecule has 1 atom stereocenters. The van der Waals surface area contributed by atoms with E-state index < -0.39 is 15.9 Å². The van der Waals surface area contributed by atoms with Crippen molar-refractivity contribution in [3.05, 3.63) is 24.3 Å². The van der Waals surface area contributed by atoms with E-state index in [4.69, 9.17) is 4.74 Å². The fourth-order valence-electron chi connectivity index (χ4n) is 2.36. The molecule has 21 heavy (non-hydrogen) atoms. The number of ether oxygens (including phenoxy) is 1. The van der Waals surface area contributed by atoms with Crippen molar-refractivity contribution in [3.8, 4) is 0 Å². The highest BCUT2D eigenvalue weighted by molar-refractivity contribution is 7.91. The summed E-state index contributed by atoms with van der Waals surface area (Å²) in [6, 6.07) is 7.26. The Bertz CT molecular complexity index is 598. The van der Waals surface area contributed by atoms with Gasteiger partial charge < -0.3 is 9.64 Å². The number of anilines is 2. The van der Waals surface area contributed by atoms with Crippen LogP contribution in [0.4, 0.5) is 16.2 Å². The third-order valence-corrected chi connectivity index (χ3v) is 5.30. The molecule has 0 radical (unpaired) electrons. The Hall–Kier alpha value is -1.76. The number of carbonyl (C=O) groups is 1. The van der Waals surface area contributed by atoms with Crippen molar-refractivity contribution in [3.63, 3.8) is 0 Å². The van der Waals surface area contributed by atoms with Gasteiger partial charge in [-0.2, -0.15) is 0 Å². The van der Waals surface area contributed by atoms with Gasteiger partial charge in [0, 0.05) is 24.5 Å². The number of sulfone groups is 1. The number of hydrogen-bond donors (Lipinski definition) is 1. The minimum absolute atomic E-state index is 0.0128. The van der Waals surface area contributed by atoms with Crippen LogP contribution in [0.5, 0.6) is 0 Å². The zero-order valence-corrected chi connectivity index (χ0v) is 13.0. The van der Waals surface area contributed by atoms with Crippen molar-refractivity contribution in [2.45, 2.75) is 19.4 Å². The van der Waals surface area contributed by atoms with Crippen LogP contribution in [0.1, 0.15) is 13.3 Å². The van der Waals surface area contributed by atoms with Crippen molar-refractivity contribution in [1.82, 2.24) is 0 Å². The highest BCUT2D eigenvalue weighted by Crippen LogP contribution is 2.24. The number of nitrogens with one attached hydrogen (secondary N) is 1. The average molecular weight is 312 g/mol. The van der Waals surface area contributed by atoms with Crippen LogP contribution in [0.2, 0.25) is 0 Å². The Morgan fingerprint density at radius 1 is 1.38 bits per heavy atom. The van der Waals surface area contributed by atoms with Gasteiger partial charge in [-0.1, -0.05) is 0 Å². The van der Waals surface area contributed by atoms with Gasteiger partial charge >= 0.3 is 6.09 Å². The molecule has 1 aromatic carbocycles. The lowest BCUT2D eigenvalue weighted by Gasteiger charge is -2.25. The fraction of sp³-hybridized carbons (Fsp3) is 0.500. The summed E-state index contributed by atoms with van der Waals surface area (Å²) in [7, 11) is -1.01. The van der Waals surface area contributed by atoms with Crippen LogP contribution in [0.3, 0.4) is 0 Å². The Morgan fingerprint density at radius 2 is 2.05 bits per heavy atom. The third-order valence-electron chi connectivity index (χ3n) is 3.55. The Morgan fingerprint density at radius 3 is 2.57 bits per heavy atom. The van der Waals surface area contributed by atoms with Gasteiger partial charge in [0.25, 0.3) is 0 Å². The van der Waals surface area contributed by atoms with Gasteiger partial charge in [-0.3, -0.25) is 5.32 Å². The zero-order chi connectivity index (χ0) is 15.5. The Labute approximate surface area is 125 Å². The van der Waals surface area contributed by atoms with Gasteiger partial charge in [-0.05, 0) is 37.6 Å². The lowest BCUT2D eigenvalue weighted by molar-refractivity contribution is 0.168. The van der Waals surface area contributed by atoms with Crippen LogP contribution >= 0.6 is 0 Å². The summed E-state index contributed by atoms with van der Waals surface area (Å²) < 4.78 is 27.9. The minimum atomic E-state index is -2.89. The van der Waals surface area contributed by atoms with Crippen molar-refractivity contribution >= 4 is 27.3 Å². The Kier molecular flexibility index (Phi) is 4.72. The molecule has 1 N–H and O–H groups in total. The molecule has 1 fully saturated rings. The maximum atomic E-state index is 11.5. The third kappa shape index (κ3) is 4.10. The van der Waals surface area contributed by atoms with Gasteiger partial charge in [0.1, 0.15) is 0 Å². The molecule has 7 heteroatoms. The van der Waals surface area contributed by atoms with Crippen LogP contribution in [0.15, 0.2) is 24.3 Å². The van der Waals surface area contributed by atoms with Crippen LogP contribution in [0, 0.1) is 0 Å². The number of nitrogens with zero attached hydrogens (tertiary/aromatic N) is 1. The van der Waals surface area contributed by atoms with E-state index in [0.29, 0.717) is 18.7 Å². The molecule has 0 saturated carbocycles. The molecule has 1 amide bonds. The van der Waals surface area contributed by atoms with Gasteiger partial charge in [-0.25, -0.2) is 13.2 Å². The molecule has 6 nitrogen and oxygen atoms in total.